The van der Waals surface area contributed by atoms with Crippen molar-refractivity contribution in [1.29, 1.82) is 0 Å². The Labute approximate surface area is 136 Å². The molecule has 124 valence electrons. The van der Waals surface area contributed by atoms with Gasteiger partial charge in [0.2, 0.25) is 5.91 Å². The van der Waals surface area contributed by atoms with E-state index in [2.05, 4.69) is 10.6 Å². The van der Waals surface area contributed by atoms with Gasteiger partial charge < -0.3 is 20.3 Å². The molecule has 3 rings (SSSR count). The molecule has 2 aliphatic rings. The largest absolute Gasteiger partial charge is 0.497 e. The van der Waals surface area contributed by atoms with Crippen LogP contribution >= 0.6 is 0 Å². The molecular weight excluding hydrogens is 294 g/mol. The molecule has 1 saturated heterocycles. The first-order valence-electron chi connectivity index (χ1n) is 8.19. The number of benzene rings is 1. The minimum Gasteiger partial charge on any atom is -0.497 e. The average molecular weight is 317 g/mol. The van der Waals surface area contributed by atoms with Gasteiger partial charge in [-0.05, 0) is 25.0 Å². The van der Waals surface area contributed by atoms with E-state index >= 15 is 0 Å². The third-order valence-electron chi connectivity index (χ3n) is 4.61. The van der Waals surface area contributed by atoms with Gasteiger partial charge in [0.05, 0.1) is 13.7 Å². The summed E-state index contributed by atoms with van der Waals surface area (Å²) in [5, 5.41) is 5.64. The molecule has 2 fully saturated rings. The van der Waals surface area contributed by atoms with Crippen molar-refractivity contribution in [3.63, 3.8) is 0 Å². The number of nitrogens with one attached hydrogen (secondary N) is 2. The summed E-state index contributed by atoms with van der Waals surface area (Å²) in [5.41, 5.74) is 0.666. The van der Waals surface area contributed by atoms with E-state index in [4.69, 9.17) is 4.74 Å². The van der Waals surface area contributed by atoms with Crippen LogP contribution in [0.1, 0.15) is 32.1 Å². The molecule has 1 saturated carbocycles. The number of ether oxygens (including phenoxy) is 1. The minimum atomic E-state index is -0.504. The highest BCUT2D eigenvalue weighted by atomic mass is 16.5. The maximum atomic E-state index is 12.4. The number of amides is 3. The van der Waals surface area contributed by atoms with Gasteiger partial charge in [-0.15, -0.1) is 0 Å². The standard InChI is InChI=1S/C17H23N3O3/c1-23-14-9-5-6-12(10-14)18-16(21)15-11-20(17(22)19-15)13-7-3-2-4-8-13/h5-6,9-10,13,15H,2-4,7-8,11H2,1H3,(H,18,21)(H,19,22). The molecule has 1 unspecified atom stereocenters. The number of urea groups is 1. The molecular formula is C17H23N3O3. The third kappa shape index (κ3) is 3.57. The Bertz CT molecular complexity index is 584. The van der Waals surface area contributed by atoms with E-state index in [0.717, 1.165) is 25.7 Å². The molecule has 3 amide bonds. The highest BCUT2D eigenvalue weighted by Crippen LogP contribution is 2.25. The zero-order valence-electron chi connectivity index (χ0n) is 13.4. The summed E-state index contributed by atoms with van der Waals surface area (Å²) >= 11 is 0. The molecule has 0 aromatic heterocycles. The Kier molecular flexibility index (Phi) is 4.69. The summed E-state index contributed by atoms with van der Waals surface area (Å²) in [5.74, 6) is 0.493. The monoisotopic (exact) mass is 317 g/mol. The number of rotatable bonds is 4. The van der Waals surface area contributed by atoms with Gasteiger partial charge in [0, 0.05) is 17.8 Å². The lowest BCUT2D eigenvalue weighted by atomic mass is 9.94. The number of hydrogen-bond donors (Lipinski definition) is 2. The lowest BCUT2D eigenvalue weighted by Gasteiger charge is -2.30. The fraction of sp³-hybridized carbons (Fsp3) is 0.529. The topological polar surface area (TPSA) is 70.7 Å². The first kappa shape index (κ1) is 15.6. The van der Waals surface area contributed by atoms with Crippen LogP contribution in [0.3, 0.4) is 0 Å². The van der Waals surface area contributed by atoms with Crippen LogP contribution in [0.15, 0.2) is 24.3 Å². The Balaban J connectivity index is 1.60. The van der Waals surface area contributed by atoms with Crippen LogP contribution in [0, 0.1) is 0 Å². The predicted molar refractivity (Wildman–Crippen MR) is 87.5 cm³/mol. The minimum absolute atomic E-state index is 0.123. The predicted octanol–water partition coefficient (Wildman–Crippen LogP) is 2.36. The molecule has 1 aromatic rings. The summed E-state index contributed by atoms with van der Waals surface area (Å²) in [7, 11) is 1.58. The van der Waals surface area contributed by atoms with Crippen LogP contribution < -0.4 is 15.4 Å². The first-order chi connectivity index (χ1) is 11.2. The lowest BCUT2D eigenvalue weighted by molar-refractivity contribution is -0.117. The van der Waals surface area contributed by atoms with E-state index < -0.39 is 6.04 Å². The van der Waals surface area contributed by atoms with Crippen LogP contribution in [0.4, 0.5) is 10.5 Å². The summed E-state index contributed by atoms with van der Waals surface area (Å²) in [6.45, 7) is 0.444. The Morgan fingerprint density at radius 3 is 2.83 bits per heavy atom. The van der Waals surface area contributed by atoms with Crippen molar-refractivity contribution in [3.8, 4) is 5.75 Å². The van der Waals surface area contributed by atoms with Crippen molar-refractivity contribution in [2.45, 2.75) is 44.2 Å². The van der Waals surface area contributed by atoms with Crippen molar-refractivity contribution in [2.24, 2.45) is 0 Å². The molecule has 1 aliphatic heterocycles. The second-order valence-corrected chi connectivity index (χ2v) is 6.17. The van der Waals surface area contributed by atoms with Gasteiger partial charge in [-0.1, -0.05) is 25.3 Å². The van der Waals surface area contributed by atoms with Crippen molar-refractivity contribution < 1.29 is 14.3 Å². The van der Waals surface area contributed by atoms with Gasteiger partial charge in [0.15, 0.2) is 0 Å². The molecule has 1 atom stereocenters. The van der Waals surface area contributed by atoms with Gasteiger partial charge in [0.1, 0.15) is 11.8 Å². The van der Waals surface area contributed by atoms with Gasteiger partial charge >= 0.3 is 6.03 Å². The number of carbonyl (C=O) groups excluding carboxylic acids is 2. The SMILES string of the molecule is COc1cccc(NC(=O)C2CN(C3CCCCC3)C(=O)N2)c1. The highest BCUT2D eigenvalue weighted by Gasteiger charge is 2.37. The van der Waals surface area contributed by atoms with Gasteiger partial charge in [-0.2, -0.15) is 0 Å². The third-order valence-corrected chi connectivity index (χ3v) is 4.61. The number of methoxy groups -OCH3 is 1. The Morgan fingerprint density at radius 2 is 2.09 bits per heavy atom. The average Bonchev–Trinajstić information content (AvgIpc) is 2.98. The van der Waals surface area contributed by atoms with Crippen molar-refractivity contribution in [3.05, 3.63) is 24.3 Å². The summed E-state index contributed by atoms with van der Waals surface area (Å²) in [6.07, 6.45) is 5.64. The van der Waals surface area contributed by atoms with Crippen LogP contribution in [0.25, 0.3) is 0 Å². The second-order valence-electron chi connectivity index (χ2n) is 6.17. The Hall–Kier alpha value is -2.24. The highest BCUT2D eigenvalue weighted by molar-refractivity contribution is 5.99. The molecule has 1 heterocycles. The van der Waals surface area contributed by atoms with Gasteiger partial charge in [-0.25, -0.2) is 4.79 Å². The molecule has 1 aromatic carbocycles. The van der Waals surface area contributed by atoms with Gasteiger partial charge in [-0.3, -0.25) is 4.79 Å². The summed E-state index contributed by atoms with van der Waals surface area (Å²) in [6, 6.07) is 6.84. The molecule has 6 heteroatoms. The zero-order chi connectivity index (χ0) is 16.2. The molecule has 1 aliphatic carbocycles. The fourth-order valence-electron chi connectivity index (χ4n) is 3.34. The molecule has 6 nitrogen and oxygen atoms in total. The molecule has 0 radical (unpaired) electrons. The lowest BCUT2D eigenvalue weighted by Crippen LogP contribution is -2.39. The quantitative estimate of drug-likeness (QED) is 0.895. The van der Waals surface area contributed by atoms with E-state index in [1.165, 1.54) is 6.42 Å². The van der Waals surface area contributed by atoms with E-state index in [1.807, 2.05) is 17.0 Å². The van der Waals surface area contributed by atoms with Crippen LogP contribution in [-0.4, -0.2) is 42.6 Å². The maximum Gasteiger partial charge on any atom is 0.318 e. The van der Waals surface area contributed by atoms with Gasteiger partial charge in [0.25, 0.3) is 0 Å². The van der Waals surface area contributed by atoms with E-state index in [1.54, 1.807) is 19.2 Å². The van der Waals surface area contributed by atoms with Crippen molar-refractivity contribution in [1.82, 2.24) is 10.2 Å². The molecule has 0 bridgehead atoms. The van der Waals surface area contributed by atoms with Crippen LogP contribution in [0.2, 0.25) is 0 Å². The number of nitrogens with zero attached hydrogens (tertiary/aromatic N) is 1. The van der Waals surface area contributed by atoms with Crippen molar-refractivity contribution in [2.75, 3.05) is 19.0 Å². The summed E-state index contributed by atoms with van der Waals surface area (Å²) < 4.78 is 5.15. The fourth-order valence-corrected chi connectivity index (χ4v) is 3.34. The van der Waals surface area contributed by atoms with Crippen LogP contribution in [-0.2, 0) is 4.79 Å². The second kappa shape index (κ2) is 6.89. The van der Waals surface area contributed by atoms with E-state index in [0.29, 0.717) is 18.0 Å². The number of anilines is 1. The zero-order valence-corrected chi connectivity index (χ0v) is 13.4. The number of hydrogen-bond acceptors (Lipinski definition) is 3. The Morgan fingerprint density at radius 1 is 1.30 bits per heavy atom. The van der Waals surface area contributed by atoms with Crippen molar-refractivity contribution >= 4 is 17.6 Å². The first-order valence-corrected chi connectivity index (χ1v) is 8.19. The molecule has 0 spiro atoms. The smallest absolute Gasteiger partial charge is 0.318 e. The van der Waals surface area contributed by atoms with E-state index in [-0.39, 0.29) is 18.0 Å². The normalized spacial score (nSPS) is 21.9. The maximum absolute atomic E-state index is 12.4. The molecule has 23 heavy (non-hydrogen) atoms. The molecule has 2 N–H and O–H groups in total. The summed E-state index contributed by atoms with van der Waals surface area (Å²) in [4.78, 5) is 26.4. The van der Waals surface area contributed by atoms with E-state index in [9.17, 15) is 9.59 Å². The van der Waals surface area contributed by atoms with Crippen LogP contribution in [0.5, 0.6) is 5.75 Å². The number of carbonyl (C=O) groups is 2.